The molecule has 1 N–H and O–H groups in total. The van der Waals surface area contributed by atoms with Crippen LogP contribution >= 0.6 is 20.3 Å². The molecule has 1 unspecified atom stereocenters. The number of hydrogen-bond donors (Lipinski definition) is 1. The second-order valence-electron chi connectivity index (χ2n) is 2.05. The first-order valence-electron chi connectivity index (χ1n) is 3.16. The molecule has 0 radical (unpaired) electrons. The highest BCUT2D eigenvalue weighted by atomic mass is 35.5. The molecule has 0 amide bonds. The molecule has 0 aliphatic heterocycles. The molecule has 5 heteroatoms. The van der Waals surface area contributed by atoms with Gasteiger partial charge in [-0.1, -0.05) is 29.8 Å². The van der Waals surface area contributed by atoms with Crippen LogP contribution in [0.15, 0.2) is 24.3 Å². The summed E-state index contributed by atoms with van der Waals surface area (Å²) in [5.41, 5.74) is 0.405. The van der Waals surface area contributed by atoms with Crippen LogP contribution in [0.3, 0.4) is 0 Å². The zero-order valence-corrected chi connectivity index (χ0v) is 7.63. The Kier molecular flexibility index (Phi) is 3.63. The Morgan fingerprint density at radius 1 is 1.50 bits per heavy atom. The van der Waals surface area contributed by atoms with Crippen molar-refractivity contribution in [2.45, 2.75) is 6.29 Å². The molecule has 1 atom stereocenters. The molecule has 1 rings (SSSR count). The minimum atomic E-state index is -1.24. The first-order valence-corrected chi connectivity index (χ1v) is 4.27. The van der Waals surface area contributed by atoms with Gasteiger partial charge in [0.1, 0.15) is 0 Å². The third kappa shape index (κ3) is 2.26. The average molecular weight is 205 g/mol. The monoisotopic (exact) mass is 204 g/mol. The Hall–Kier alpha value is -0.470. The summed E-state index contributed by atoms with van der Waals surface area (Å²) in [5, 5.41) is 9.57. The number of benzene rings is 1. The van der Waals surface area contributed by atoms with Gasteiger partial charge in [0.05, 0.1) is 0 Å². The van der Waals surface area contributed by atoms with E-state index in [-0.39, 0.29) is 0 Å². The normalized spacial score (nSPS) is 13.2. The van der Waals surface area contributed by atoms with E-state index in [1.807, 2.05) is 0 Å². The van der Waals surface area contributed by atoms with Crippen LogP contribution in [0, 0.1) is 0 Å². The molecular formula is C7H6ClO3P. The lowest BCUT2D eigenvalue weighted by Crippen LogP contribution is -1.96. The lowest BCUT2D eigenvalue weighted by Gasteiger charge is -2.07. The third-order valence-electron chi connectivity index (χ3n) is 1.31. The van der Waals surface area contributed by atoms with Crippen molar-refractivity contribution in [3.63, 3.8) is 0 Å². The molecule has 1 aromatic carbocycles. The number of halogens is 1. The number of aliphatic hydroxyl groups excluding tert-OH is 1. The van der Waals surface area contributed by atoms with Gasteiger partial charge in [0.25, 0.3) is 0 Å². The Morgan fingerprint density at radius 2 is 2.17 bits per heavy atom. The van der Waals surface area contributed by atoms with Gasteiger partial charge in [0, 0.05) is 10.6 Å². The van der Waals surface area contributed by atoms with Crippen molar-refractivity contribution in [3.05, 3.63) is 34.9 Å². The summed E-state index contributed by atoms with van der Waals surface area (Å²) in [4.78, 5) is 0. The summed E-state index contributed by atoms with van der Waals surface area (Å²) in [7, 11) is -0.572. The summed E-state index contributed by atoms with van der Waals surface area (Å²) >= 11 is 5.71. The highest BCUT2D eigenvalue weighted by Gasteiger charge is 2.10. The SMILES string of the molecule is O=POC(O)c1ccccc1Cl. The van der Waals surface area contributed by atoms with E-state index in [1.165, 1.54) is 0 Å². The maximum absolute atomic E-state index is 9.97. The summed E-state index contributed by atoms with van der Waals surface area (Å²) in [6.45, 7) is 0. The zero-order valence-electron chi connectivity index (χ0n) is 5.98. The Labute approximate surface area is 76.2 Å². The zero-order chi connectivity index (χ0) is 8.97. The van der Waals surface area contributed by atoms with Gasteiger partial charge in [-0.15, -0.1) is 0 Å². The van der Waals surface area contributed by atoms with Crippen LogP contribution in [-0.2, 0) is 9.09 Å². The highest BCUT2D eigenvalue weighted by Crippen LogP contribution is 2.25. The summed E-state index contributed by atoms with van der Waals surface area (Å²) in [6, 6.07) is 6.65. The lowest BCUT2D eigenvalue weighted by atomic mass is 10.2. The van der Waals surface area contributed by atoms with E-state index in [0.717, 1.165) is 0 Å². The Bertz CT molecular complexity index is 279. The molecular weight excluding hydrogens is 199 g/mol. The fourth-order valence-electron chi connectivity index (χ4n) is 0.773. The second kappa shape index (κ2) is 4.53. The molecule has 0 saturated carbocycles. The van der Waals surface area contributed by atoms with Crippen molar-refractivity contribution in [1.82, 2.24) is 0 Å². The largest absolute Gasteiger partial charge is 0.364 e. The maximum Gasteiger partial charge on any atom is 0.330 e. The molecule has 0 fully saturated rings. The van der Waals surface area contributed by atoms with Crippen molar-refractivity contribution in [2.24, 2.45) is 0 Å². The van der Waals surface area contributed by atoms with E-state index in [0.29, 0.717) is 10.6 Å². The Morgan fingerprint density at radius 3 is 2.75 bits per heavy atom. The summed E-state index contributed by atoms with van der Waals surface area (Å²) < 4.78 is 14.4. The van der Waals surface area contributed by atoms with Crippen LogP contribution in [0.25, 0.3) is 0 Å². The van der Waals surface area contributed by atoms with E-state index in [2.05, 4.69) is 4.52 Å². The maximum atomic E-state index is 9.97. The van der Waals surface area contributed by atoms with Crippen LogP contribution < -0.4 is 0 Å². The predicted molar refractivity (Wildman–Crippen MR) is 45.1 cm³/mol. The van der Waals surface area contributed by atoms with Crippen molar-refractivity contribution >= 4 is 20.3 Å². The molecule has 1 aromatic rings. The lowest BCUT2D eigenvalue weighted by molar-refractivity contribution is -0.00914. The molecule has 12 heavy (non-hydrogen) atoms. The van der Waals surface area contributed by atoms with Gasteiger partial charge in [0.2, 0.25) is 0 Å². The molecule has 0 bridgehead atoms. The fourth-order valence-corrected chi connectivity index (χ4v) is 1.20. The molecule has 0 heterocycles. The van der Waals surface area contributed by atoms with Gasteiger partial charge in [0.15, 0.2) is 6.29 Å². The number of rotatable bonds is 3. The van der Waals surface area contributed by atoms with Gasteiger partial charge in [-0.3, -0.25) is 4.52 Å². The van der Waals surface area contributed by atoms with Crippen LogP contribution in [-0.4, -0.2) is 5.11 Å². The van der Waals surface area contributed by atoms with Crippen LogP contribution in [0.1, 0.15) is 11.9 Å². The van der Waals surface area contributed by atoms with E-state index < -0.39 is 15.0 Å². The fraction of sp³-hybridized carbons (Fsp3) is 0.143. The van der Waals surface area contributed by atoms with Crippen molar-refractivity contribution in [2.75, 3.05) is 0 Å². The molecule has 3 nitrogen and oxygen atoms in total. The van der Waals surface area contributed by atoms with Crippen LogP contribution in [0.4, 0.5) is 0 Å². The molecule has 0 aromatic heterocycles. The molecule has 0 aliphatic carbocycles. The predicted octanol–water partition coefficient (Wildman–Crippen LogP) is 2.55. The minimum Gasteiger partial charge on any atom is -0.364 e. The minimum absolute atomic E-state index is 0.383. The Balaban J connectivity index is 2.86. The molecule has 64 valence electrons. The second-order valence-corrected chi connectivity index (χ2v) is 2.82. The number of aliphatic hydroxyl groups is 1. The topological polar surface area (TPSA) is 46.5 Å². The first-order chi connectivity index (χ1) is 5.75. The van der Waals surface area contributed by atoms with Gasteiger partial charge >= 0.3 is 8.69 Å². The summed E-state index contributed by atoms with van der Waals surface area (Å²) in [6.07, 6.45) is -1.24. The summed E-state index contributed by atoms with van der Waals surface area (Å²) in [5.74, 6) is 0. The van der Waals surface area contributed by atoms with E-state index in [4.69, 9.17) is 11.6 Å². The quantitative estimate of drug-likeness (QED) is 0.608. The van der Waals surface area contributed by atoms with E-state index in [9.17, 15) is 9.67 Å². The van der Waals surface area contributed by atoms with E-state index >= 15 is 0 Å². The van der Waals surface area contributed by atoms with Gasteiger partial charge in [-0.05, 0) is 6.07 Å². The van der Waals surface area contributed by atoms with Crippen LogP contribution in [0.5, 0.6) is 0 Å². The highest BCUT2D eigenvalue weighted by molar-refractivity contribution is 7.17. The van der Waals surface area contributed by atoms with E-state index in [1.54, 1.807) is 24.3 Å². The third-order valence-corrected chi connectivity index (χ3v) is 1.94. The molecule has 0 saturated heterocycles. The van der Waals surface area contributed by atoms with Gasteiger partial charge < -0.3 is 5.11 Å². The smallest absolute Gasteiger partial charge is 0.330 e. The van der Waals surface area contributed by atoms with Gasteiger partial charge in [-0.25, -0.2) is 4.57 Å². The van der Waals surface area contributed by atoms with Gasteiger partial charge in [-0.2, -0.15) is 0 Å². The first kappa shape index (κ1) is 9.62. The van der Waals surface area contributed by atoms with Crippen LogP contribution in [0.2, 0.25) is 5.02 Å². The average Bonchev–Trinajstić information content (AvgIpc) is 2.05. The standard InChI is InChI=1S/C7H6ClO3P/c8-6-4-2-1-3-5(6)7(9)11-12-10/h1-4,7,9H. The molecule has 0 spiro atoms. The van der Waals surface area contributed by atoms with Crippen molar-refractivity contribution < 1.29 is 14.2 Å². The molecule has 0 aliphatic rings. The van der Waals surface area contributed by atoms with Crippen molar-refractivity contribution in [3.8, 4) is 0 Å². The number of hydrogen-bond acceptors (Lipinski definition) is 3. The van der Waals surface area contributed by atoms with Crippen molar-refractivity contribution in [1.29, 1.82) is 0 Å².